The molecule has 0 fully saturated rings. The van der Waals surface area contributed by atoms with E-state index in [1.54, 1.807) is 0 Å². The molecule has 0 heterocycles. The van der Waals surface area contributed by atoms with E-state index in [0.29, 0.717) is 5.78 Å². The summed E-state index contributed by atoms with van der Waals surface area (Å²) in [4.78, 5) is 10.8. The molecule has 0 saturated carbocycles. The van der Waals surface area contributed by atoms with Crippen LogP contribution in [0.3, 0.4) is 0 Å². The highest BCUT2D eigenvalue weighted by Crippen LogP contribution is 2.21. The van der Waals surface area contributed by atoms with Crippen molar-refractivity contribution in [2.24, 2.45) is 5.92 Å². The zero-order valence-corrected chi connectivity index (χ0v) is 7.39. The van der Waals surface area contributed by atoms with Crippen molar-refractivity contribution in [3.63, 3.8) is 0 Å². The molecule has 0 atom stereocenters. The average Bonchev–Trinajstić information content (AvgIpc) is 2.31. The molecule has 1 aliphatic carbocycles. The zero-order valence-electron chi connectivity index (χ0n) is 7.39. The predicted octanol–water partition coefficient (Wildman–Crippen LogP) is 2.71. The SMILES string of the molecule is CC(C)CCC1=CC(=O)CC1. The van der Waals surface area contributed by atoms with Crippen LogP contribution in [0.2, 0.25) is 0 Å². The number of hydrogen-bond acceptors (Lipinski definition) is 1. The van der Waals surface area contributed by atoms with E-state index in [-0.39, 0.29) is 0 Å². The first-order valence-corrected chi connectivity index (χ1v) is 4.41. The van der Waals surface area contributed by atoms with E-state index < -0.39 is 0 Å². The van der Waals surface area contributed by atoms with Crippen LogP contribution in [0.1, 0.15) is 39.5 Å². The van der Waals surface area contributed by atoms with Gasteiger partial charge in [0.05, 0.1) is 0 Å². The first-order chi connectivity index (χ1) is 5.18. The van der Waals surface area contributed by atoms with Gasteiger partial charge in [-0.3, -0.25) is 4.79 Å². The van der Waals surface area contributed by atoms with Gasteiger partial charge in [0.2, 0.25) is 0 Å². The van der Waals surface area contributed by atoms with Crippen molar-refractivity contribution in [1.82, 2.24) is 0 Å². The summed E-state index contributed by atoms with van der Waals surface area (Å²) in [7, 11) is 0. The van der Waals surface area contributed by atoms with E-state index in [1.807, 2.05) is 6.08 Å². The molecular formula is C10H16O. The monoisotopic (exact) mass is 152 g/mol. The largest absolute Gasteiger partial charge is 0.295 e. The molecule has 62 valence electrons. The molecule has 1 aliphatic rings. The van der Waals surface area contributed by atoms with Gasteiger partial charge in [0.25, 0.3) is 0 Å². The van der Waals surface area contributed by atoms with Crippen LogP contribution in [-0.2, 0) is 4.79 Å². The third kappa shape index (κ3) is 2.87. The Kier molecular flexibility index (Phi) is 2.86. The lowest BCUT2D eigenvalue weighted by atomic mass is 10.0. The molecule has 0 aromatic rings. The molecule has 1 nitrogen and oxygen atoms in total. The Morgan fingerprint density at radius 3 is 2.64 bits per heavy atom. The Hall–Kier alpha value is -0.590. The van der Waals surface area contributed by atoms with Crippen LogP contribution in [-0.4, -0.2) is 5.78 Å². The molecule has 0 N–H and O–H groups in total. The summed E-state index contributed by atoms with van der Waals surface area (Å²) in [5.74, 6) is 1.08. The van der Waals surface area contributed by atoms with E-state index >= 15 is 0 Å². The van der Waals surface area contributed by atoms with E-state index in [4.69, 9.17) is 0 Å². The Balaban J connectivity index is 2.27. The maximum Gasteiger partial charge on any atom is 0.155 e. The van der Waals surface area contributed by atoms with E-state index in [9.17, 15) is 4.79 Å². The predicted molar refractivity (Wildman–Crippen MR) is 46.4 cm³/mol. The lowest BCUT2D eigenvalue weighted by Crippen LogP contribution is -1.87. The van der Waals surface area contributed by atoms with Gasteiger partial charge in [-0.1, -0.05) is 19.4 Å². The van der Waals surface area contributed by atoms with Crippen LogP contribution in [0.5, 0.6) is 0 Å². The van der Waals surface area contributed by atoms with Gasteiger partial charge in [-0.05, 0) is 31.3 Å². The van der Waals surface area contributed by atoms with Gasteiger partial charge in [-0.15, -0.1) is 0 Å². The van der Waals surface area contributed by atoms with Crippen LogP contribution < -0.4 is 0 Å². The van der Waals surface area contributed by atoms with Gasteiger partial charge < -0.3 is 0 Å². The second-order valence-corrected chi connectivity index (χ2v) is 3.70. The van der Waals surface area contributed by atoms with E-state index in [0.717, 1.165) is 25.2 Å². The number of allylic oxidation sites excluding steroid dienone is 2. The Bertz CT molecular complexity index is 177. The Morgan fingerprint density at radius 2 is 2.18 bits per heavy atom. The number of hydrogen-bond donors (Lipinski definition) is 0. The molecule has 0 saturated heterocycles. The van der Waals surface area contributed by atoms with Crippen molar-refractivity contribution in [1.29, 1.82) is 0 Å². The summed E-state index contributed by atoms with van der Waals surface area (Å²) in [6.07, 6.45) is 5.96. The van der Waals surface area contributed by atoms with Crippen LogP contribution in [0.15, 0.2) is 11.6 Å². The number of carbonyl (C=O) groups excluding carboxylic acids is 1. The molecule has 0 amide bonds. The van der Waals surface area contributed by atoms with Gasteiger partial charge in [0.15, 0.2) is 5.78 Å². The summed E-state index contributed by atoms with van der Waals surface area (Å²) >= 11 is 0. The molecule has 0 aromatic heterocycles. The maximum absolute atomic E-state index is 10.8. The lowest BCUT2D eigenvalue weighted by molar-refractivity contribution is -0.114. The Morgan fingerprint density at radius 1 is 1.45 bits per heavy atom. The number of carbonyl (C=O) groups is 1. The highest BCUT2D eigenvalue weighted by molar-refractivity contribution is 5.92. The molecule has 0 unspecified atom stereocenters. The number of rotatable bonds is 3. The second kappa shape index (κ2) is 3.70. The molecular weight excluding hydrogens is 136 g/mol. The van der Waals surface area contributed by atoms with Crippen LogP contribution in [0.25, 0.3) is 0 Å². The third-order valence-electron chi connectivity index (χ3n) is 2.10. The molecule has 0 spiro atoms. The first-order valence-electron chi connectivity index (χ1n) is 4.41. The molecule has 11 heavy (non-hydrogen) atoms. The van der Waals surface area contributed by atoms with Crippen LogP contribution in [0.4, 0.5) is 0 Å². The second-order valence-electron chi connectivity index (χ2n) is 3.70. The minimum absolute atomic E-state index is 0.323. The van der Waals surface area contributed by atoms with Crippen molar-refractivity contribution in [2.45, 2.75) is 39.5 Å². The fourth-order valence-electron chi connectivity index (χ4n) is 1.33. The summed E-state index contributed by atoms with van der Waals surface area (Å²) in [6.45, 7) is 4.44. The molecule has 0 aromatic carbocycles. The average molecular weight is 152 g/mol. The maximum atomic E-state index is 10.8. The van der Waals surface area contributed by atoms with Crippen molar-refractivity contribution in [3.05, 3.63) is 11.6 Å². The Labute approximate surface area is 68.5 Å². The molecule has 0 bridgehead atoms. The van der Waals surface area contributed by atoms with Gasteiger partial charge in [-0.2, -0.15) is 0 Å². The smallest absolute Gasteiger partial charge is 0.155 e. The fraction of sp³-hybridized carbons (Fsp3) is 0.700. The minimum atomic E-state index is 0.323. The number of ketones is 1. The normalized spacial score (nSPS) is 17.7. The van der Waals surface area contributed by atoms with Gasteiger partial charge in [0.1, 0.15) is 0 Å². The third-order valence-corrected chi connectivity index (χ3v) is 2.10. The lowest BCUT2D eigenvalue weighted by Gasteiger charge is -2.03. The van der Waals surface area contributed by atoms with E-state index in [2.05, 4.69) is 13.8 Å². The molecule has 0 radical (unpaired) electrons. The standard InChI is InChI=1S/C10H16O/c1-8(2)3-4-9-5-6-10(11)7-9/h7-8H,3-6H2,1-2H3. The quantitative estimate of drug-likeness (QED) is 0.607. The summed E-state index contributed by atoms with van der Waals surface area (Å²) in [5, 5.41) is 0. The highest BCUT2D eigenvalue weighted by atomic mass is 16.1. The van der Waals surface area contributed by atoms with Crippen molar-refractivity contribution < 1.29 is 4.79 Å². The van der Waals surface area contributed by atoms with Gasteiger partial charge in [0, 0.05) is 6.42 Å². The summed E-state index contributed by atoms with van der Waals surface area (Å²) < 4.78 is 0. The first kappa shape index (κ1) is 8.51. The van der Waals surface area contributed by atoms with Crippen LogP contribution in [0, 0.1) is 5.92 Å². The van der Waals surface area contributed by atoms with Gasteiger partial charge in [-0.25, -0.2) is 0 Å². The summed E-state index contributed by atoms with van der Waals surface area (Å²) in [6, 6.07) is 0. The zero-order chi connectivity index (χ0) is 8.27. The van der Waals surface area contributed by atoms with Crippen molar-refractivity contribution in [3.8, 4) is 0 Å². The summed E-state index contributed by atoms with van der Waals surface area (Å²) in [5.41, 5.74) is 1.36. The fourth-order valence-corrected chi connectivity index (χ4v) is 1.33. The van der Waals surface area contributed by atoms with Crippen molar-refractivity contribution >= 4 is 5.78 Å². The van der Waals surface area contributed by atoms with E-state index in [1.165, 1.54) is 12.0 Å². The molecule has 0 aliphatic heterocycles. The van der Waals surface area contributed by atoms with Crippen molar-refractivity contribution in [2.75, 3.05) is 0 Å². The topological polar surface area (TPSA) is 17.1 Å². The highest BCUT2D eigenvalue weighted by Gasteiger charge is 2.11. The van der Waals surface area contributed by atoms with Gasteiger partial charge >= 0.3 is 0 Å². The minimum Gasteiger partial charge on any atom is -0.295 e. The molecule has 1 rings (SSSR count). The van der Waals surface area contributed by atoms with Crippen LogP contribution >= 0.6 is 0 Å². The molecule has 1 heteroatoms.